The molecule has 0 spiro atoms. The van der Waals surface area contributed by atoms with Gasteiger partial charge in [0.25, 0.3) is 5.91 Å². The van der Waals surface area contributed by atoms with Gasteiger partial charge in [-0.1, -0.05) is 37.0 Å². The summed E-state index contributed by atoms with van der Waals surface area (Å²) in [5, 5.41) is 12.1. The van der Waals surface area contributed by atoms with Crippen molar-refractivity contribution in [1.82, 2.24) is 10.3 Å². The van der Waals surface area contributed by atoms with E-state index in [2.05, 4.69) is 10.3 Å². The number of aromatic nitrogens is 1. The first kappa shape index (κ1) is 14.2. The van der Waals surface area contributed by atoms with E-state index in [1.54, 1.807) is 0 Å². The van der Waals surface area contributed by atoms with E-state index in [9.17, 15) is 4.79 Å². The quantitative estimate of drug-likeness (QED) is 0.829. The third-order valence-corrected chi connectivity index (χ3v) is 2.57. The number of aliphatic hydroxyl groups is 1. The number of halogens is 2. The molecule has 2 N–H and O–H groups in total. The summed E-state index contributed by atoms with van der Waals surface area (Å²) in [5.41, 5.74) is -0.0141. The molecule has 1 amide bonds. The largest absolute Gasteiger partial charge is 0.396 e. The SMILES string of the molecule is CC(C)(CO)CNC(=O)c1cc(Cl)nc(Cl)c1. The van der Waals surface area contributed by atoms with Gasteiger partial charge in [0.2, 0.25) is 0 Å². The highest BCUT2D eigenvalue weighted by molar-refractivity contribution is 6.33. The molecule has 1 rings (SSSR count). The third kappa shape index (κ3) is 4.50. The van der Waals surface area contributed by atoms with Crippen LogP contribution in [-0.4, -0.2) is 29.1 Å². The van der Waals surface area contributed by atoms with Gasteiger partial charge in [0.05, 0.1) is 0 Å². The van der Waals surface area contributed by atoms with Crippen LogP contribution >= 0.6 is 23.2 Å². The van der Waals surface area contributed by atoms with E-state index in [0.717, 1.165) is 0 Å². The maximum atomic E-state index is 11.8. The van der Waals surface area contributed by atoms with Crippen molar-refractivity contribution in [3.05, 3.63) is 28.0 Å². The average Bonchev–Trinajstić information content (AvgIpc) is 2.24. The summed E-state index contributed by atoms with van der Waals surface area (Å²) < 4.78 is 0. The smallest absolute Gasteiger partial charge is 0.251 e. The highest BCUT2D eigenvalue weighted by Gasteiger charge is 2.18. The zero-order valence-corrected chi connectivity index (χ0v) is 11.1. The van der Waals surface area contributed by atoms with E-state index in [1.807, 2.05) is 13.8 Å². The van der Waals surface area contributed by atoms with Gasteiger partial charge in [-0.3, -0.25) is 4.79 Å². The number of nitrogens with one attached hydrogen (secondary N) is 1. The lowest BCUT2D eigenvalue weighted by molar-refractivity contribution is 0.0911. The standard InChI is InChI=1S/C11H14Cl2N2O2/c1-11(2,6-16)5-14-10(17)7-3-8(12)15-9(13)4-7/h3-4,16H,5-6H2,1-2H3,(H,14,17). The van der Waals surface area contributed by atoms with Crippen LogP contribution in [-0.2, 0) is 0 Å². The molecule has 1 aromatic heterocycles. The van der Waals surface area contributed by atoms with Crippen LogP contribution in [0, 0.1) is 5.41 Å². The Morgan fingerprint density at radius 3 is 2.41 bits per heavy atom. The Hall–Kier alpha value is -0.840. The summed E-state index contributed by atoms with van der Waals surface area (Å²) >= 11 is 11.4. The molecule has 6 heteroatoms. The van der Waals surface area contributed by atoms with E-state index >= 15 is 0 Å². The van der Waals surface area contributed by atoms with Crippen molar-refractivity contribution in [2.24, 2.45) is 5.41 Å². The van der Waals surface area contributed by atoms with Gasteiger partial charge >= 0.3 is 0 Å². The lowest BCUT2D eigenvalue weighted by atomic mass is 9.95. The second kappa shape index (κ2) is 5.67. The van der Waals surface area contributed by atoms with Gasteiger partial charge in [0.1, 0.15) is 10.3 Å². The van der Waals surface area contributed by atoms with Gasteiger partial charge in [-0.15, -0.1) is 0 Å². The Balaban J connectivity index is 2.70. The molecule has 0 aliphatic carbocycles. The number of carbonyl (C=O) groups is 1. The Morgan fingerprint density at radius 1 is 1.41 bits per heavy atom. The monoisotopic (exact) mass is 276 g/mol. The van der Waals surface area contributed by atoms with Crippen LogP contribution in [0.3, 0.4) is 0 Å². The van der Waals surface area contributed by atoms with Crippen molar-refractivity contribution in [1.29, 1.82) is 0 Å². The lowest BCUT2D eigenvalue weighted by Gasteiger charge is -2.21. The van der Waals surface area contributed by atoms with Crippen LogP contribution < -0.4 is 5.32 Å². The van der Waals surface area contributed by atoms with Crippen molar-refractivity contribution in [3.63, 3.8) is 0 Å². The first-order valence-corrected chi connectivity index (χ1v) is 5.82. The van der Waals surface area contributed by atoms with Gasteiger partial charge < -0.3 is 10.4 Å². The molecular formula is C11H14Cl2N2O2. The normalized spacial score (nSPS) is 11.4. The van der Waals surface area contributed by atoms with Gasteiger partial charge in [-0.05, 0) is 12.1 Å². The molecule has 0 radical (unpaired) electrons. The van der Waals surface area contributed by atoms with Gasteiger partial charge in [-0.25, -0.2) is 4.98 Å². The van der Waals surface area contributed by atoms with E-state index < -0.39 is 0 Å². The van der Waals surface area contributed by atoms with Gasteiger partial charge in [0, 0.05) is 24.1 Å². The Bertz CT molecular complexity index is 402. The van der Waals surface area contributed by atoms with E-state index in [1.165, 1.54) is 12.1 Å². The molecular weight excluding hydrogens is 263 g/mol. The highest BCUT2D eigenvalue weighted by atomic mass is 35.5. The molecule has 0 unspecified atom stereocenters. The van der Waals surface area contributed by atoms with Gasteiger partial charge in [-0.2, -0.15) is 0 Å². The predicted molar refractivity (Wildman–Crippen MR) is 67.5 cm³/mol. The number of hydrogen-bond donors (Lipinski definition) is 2. The van der Waals surface area contributed by atoms with E-state index in [-0.39, 0.29) is 28.2 Å². The molecule has 0 aromatic carbocycles. The van der Waals surface area contributed by atoms with Crippen LogP contribution in [0.2, 0.25) is 10.3 Å². The molecule has 4 nitrogen and oxygen atoms in total. The minimum atomic E-state index is -0.365. The Labute approximate surface area is 110 Å². The summed E-state index contributed by atoms with van der Waals surface area (Å²) in [6, 6.07) is 2.88. The number of amides is 1. The molecule has 0 bridgehead atoms. The summed E-state index contributed by atoms with van der Waals surface area (Å²) in [6.45, 7) is 4.05. The summed E-state index contributed by atoms with van der Waals surface area (Å²) in [7, 11) is 0. The van der Waals surface area contributed by atoms with E-state index in [4.69, 9.17) is 28.3 Å². The second-order valence-electron chi connectivity index (χ2n) is 4.51. The zero-order chi connectivity index (χ0) is 13.1. The summed E-state index contributed by atoms with van der Waals surface area (Å²) in [4.78, 5) is 15.5. The molecule has 0 aliphatic rings. The van der Waals surface area contributed by atoms with Crippen LogP contribution in [0.5, 0.6) is 0 Å². The number of hydrogen-bond acceptors (Lipinski definition) is 3. The Morgan fingerprint density at radius 2 is 1.94 bits per heavy atom. The molecule has 17 heavy (non-hydrogen) atoms. The van der Waals surface area contributed by atoms with Crippen molar-refractivity contribution in [2.45, 2.75) is 13.8 Å². The summed E-state index contributed by atoms with van der Waals surface area (Å²) in [6.07, 6.45) is 0. The van der Waals surface area contributed by atoms with Crippen molar-refractivity contribution in [2.75, 3.05) is 13.2 Å². The predicted octanol–water partition coefficient (Wildman–Crippen LogP) is 2.14. The highest BCUT2D eigenvalue weighted by Crippen LogP contribution is 2.15. The fourth-order valence-corrected chi connectivity index (χ4v) is 1.53. The zero-order valence-electron chi connectivity index (χ0n) is 9.63. The number of rotatable bonds is 4. The van der Waals surface area contributed by atoms with Crippen LogP contribution in [0.4, 0.5) is 0 Å². The first-order chi connectivity index (χ1) is 7.84. The number of pyridine rings is 1. The van der Waals surface area contributed by atoms with Crippen LogP contribution in [0.15, 0.2) is 12.1 Å². The Kier molecular flexibility index (Phi) is 4.74. The number of nitrogens with zero attached hydrogens (tertiary/aromatic N) is 1. The fraction of sp³-hybridized carbons (Fsp3) is 0.455. The number of aliphatic hydroxyl groups excluding tert-OH is 1. The fourth-order valence-electron chi connectivity index (χ4n) is 1.07. The molecule has 1 heterocycles. The molecule has 0 aliphatic heterocycles. The third-order valence-electron chi connectivity index (χ3n) is 2.18. The van der Waals surface area contributed by atoms with E-state index in [0.29, 0.717) is 12.1 Å². The van der Waals surface area contributed by atoms with Gasteiger partial charge in [0.15, 0.2) is 0 Å². The average molecular weight is 277 g/mol. The second-order valence-corrected chi connectivity index (χ2v) is 5.28. The first-order valence-electron chi connectivity index (χ1n) is 5.06. The molecule has 0 saturated carbocycles. The van der Waals surface area contributed by atoms with Crippen molar-refractivity contribution >= 4 is 29.1 Å². The molecule has 0 saturated heterocycles. The van der Waals surface area contributed by atoms with Crippen LogP contribution in [0.25, 0.3) is 0 Å². The minimum absolute atomic E-state index is 0.00879. The molecule has 1 aromatic rings. The van der Waals surface area contributed by atoms with Crippen molar-refractivity contribution < 1.29 is 9.90 Å². The molecule has 0 atom stereocenters. The van der Waals surface area contributed by atoms with Crippen LogP contribution in [0.1, 0.15) is 24.2 Å². The molecule has 94 valence electrons. The lowest BCUT2D eigenvalue weighted by Crippen LogP contribution is -2.36. The van der Waals surface area contributed by atoms with Crippen molar-refractivity contribution in [3.8, 4) is 0 Å². The minimum Gasteiger partial charge on any atom is -0.396 e. The molecule has 0 fully saturated rings. The summed E-state index contributed by atoms with van der Waals surface area (Å²) in [5.74, 6) is -0.294. The maximum Gasteiger partial charge on any atom is 0.251 e. The maximum absolute atomic E-state index is 11.8. The topological polar surface area (TPSA) is 62.2 Å². The number of carbonyl (C=O) groups excluding carboxylic acids is 1.